The number of hydrogen-bond donors (Lipinski definition) is 1. The van der Waals surface area contributed by atoms with Crippen LogP contribution in [-0.2, 0) is 9.53 Å². The summed E-state index contributed by atoms with van der Waals surface area (Å²) in [6.45, 7) is 0. The van der Waals surface area contributed by atoms with Gasteiger partial charge in [0.1, 0.15) is 22.8 Å². The van der Waals surface area contributed by atoms with Crippen molar-refractivity contribution in [3.8, 4) is 23.3 Å². The van der Waals surface area contributed by atoms with Gasteiger partial charge in [-0.1, -0.05) is 24.3 Å². The number of hydrogen-bond acceptors (Lipinski definition) is 6. The van der Waals surface area contributed by atoms with Gasteiger partial charge in [-0.05, 0) is 24.3 Å². The highest BCUT2D eigenvalue weighted by Gasteiger charge is 2.16. The molecule has 0 saturated carbocycles. The van der Waals surface area contributed by atoms with Crippen molar-refractivity contribution >= 4 is 11.5 Å². The highest BCUT2D eigenvalue weighted by molar-refractivity contribution is 6.15. The van der Waals surface area contributed by atoms with Crippen LogP contribution in [0.25, 0.3) is 5.57 Å². The predicted octanol–water partition coefficient (Wildman–Crippen LogP) is 4.13. The average Bonchev–Trinajstić information content (AvgIpc) is 2.68. The average molecular weight is 364 g/mol. The fraction of sp³-hybridized carbons (Fsp3) is 0.0500. The number of rotatable bonds is 7. The smallest absolute Gasteiger partial charge is 0.339 e. The molecule has 0 unspecified atom stereocenters. The van der Waals surface area contributed by atoms with Crippen LogP contribution in [0, 0.1) is 0 Å². The normalized spacial score (nSPS) is 10.9. The van der Waals surface area contributed by atoms with Crippen LogP contribution in [0.15, 0.2) is 73.3 Å². The second-order valence-electron chi connectivity index (χ2n) is 5.28. The Bertz CT molecular complexity index is 957. The molecule has 7 nitrogen and oxygen atoms in total. The molecule has 27 heavy (non-hydrogen) atoms. The van der Waals surface area contributed by atoms with Gasteiger partial charge in [0.05, 0.1) is 13.4 Å². The molecule has 0 fully saturated rings. The van der Waals surface area contributed by atoms with E-state index in [1.165, 1.54) is 7.11 Å². The number of methoxy groups -OCH3 is 1. The van der Waals surface area contributed by atoms with Gasteiger partial charge in [-0.25, -0.2) is 14.8 Å². The maximum absolute atomic E-state index is 11.5. The zero-order valence-electron chi connectivity index (χ0n) is 14.4. The van der Waals surface area contributed by atoms with Crippen LogP contribution in [-0.4, -0.2) is 28.2 Å². The molecular weight excluding hydrogens is 348 g/mol. The molecule has 0 radical (unpaired) electrons. The molecule has 0 saturated heterocycles. The van der Waals surface area contributed by atoms with Crippen molar-refractivity contribution < 1.29 is 24.1 Å². The Labute approximate surface area is 155 Å². The largest absolute Gasteiger partial charge is 0.503 e. The van der Waals surface area contributed by atoms with Gasteiger partial charge >= 0.3 is 12.0 Å². The Balaban J connectivity index is 1.87. The van der Waals surface area contributed by atoms with Gasteiger partial charge in [0.25, 0.3) is 0 Å². The molecule has 1 aromatic heterocycles. The van der Waals surface area contributed by atoms with Crippen molar-refractivity contribution in [2.45, 2.75) is 0 Å². The fourth-order valence-corrected chi connectivity index (χ4v) is 2.30. The molecule has 3 rings (SSSR count). The first-order valence-electron chi connectivity index (χ1n) is 7.96. The van der Waals surface area contributed by atoms with Crippen molar-refractivity contribution in [3.05, 3.63) is 78.8 Å². The number of carboxylic acids is 1. The van der Waals surface area contributed by atoms with Crippen molar-refractivity contribution in [2.24, 2.45) is 0 Å². The third-order valence-corrected chi connectivity index (χ3v) is 3.43. The van der Waals surface area contributed by atoms with Gasteiger partial charge in [0.15, 0.2) is 0 Å². The predicted molar refractivity (Wildman–Crippen MR) is 97.7 cm³/mol. The first kappa shape index (κ1) is 17.9. The molecule has 1 N–H and O–H groups in total. The van der Waals surface area contributed by atoms with Crippen LogP contribution in [0.4, 0.5) is 0 Å². The molecule has 7 heteroatoms. The lowest BCUT2D eigenvalue weighted by Gasteiger charge is -2.12. The topological polar surface area (TPSA) is 90.8 Å². The summed E-state index contributed by atoms with van der Waals surface area (Å²) >= 11 is 0. The fourth-order valence-electron chi connectivity index (χ4n) is 2.30. The molecule has 2 aromatic carbocycles. The Morgan fingerprint density at radius 1 is 0.963 bits per heavy atom. The van der Waals surface area contributed by atoms with Gasteiger partial charge < -0.3 is 19.3 Å². The summed E-state index contributed by atoms with van der Waals surface area (Å²) in [7, 11) is 1.39. The maximum Gasteiger partial charge on any atom is 0.339 e. The molecular formula is C20H16N2O5. The Morgan fingerprint density at radius 3 is 2.37 bits per heavy atom. The molecule has 0 aliphatic carbocycles. The lowest BCUT2D eigenvalue weighted by Crippen LogP contribution is -2.02. The molecule has 1 heterocycles. The third kappa shape index (κ3) is 4.60. The molecule has 0 aliphatic heterocycles. The summed E-state index contributed by atoms with van der Waals surface area (Å²) in [4.78, 5) is 19.5. The van der Waals surface area contributed by atoms with Crippen molar-refractivity contribution in [2.75, 3.05) is 7.11 Å². The van der Waals surface area contributed by atoms with E-state index in [4.69, 9.17) is 14.2 Å². The zero-order chi connectivity index (χ0) is 19.1. The van der Waals surface area contributed by atoms with Gasteiger partial charge in [0.2, 0.25) is 0 Å². The van der Waals surface area contributed by atoms with Crippen molar-refractivity contribution in [3.63, 3.8) is 0 Å². The van der Waals surface area contributed by atoms with E-state index in [2.05, 4.69) is 9.97 Å². The van der Waals surface area contributed by atoms with E-state index in [1.807, 2.05) is 0 Å². The minimum absolute atomic E-state index is 0.0156. The highest BCUT2D eigenvalue weighted by Crippen LogP contribution is 2.32. The Kier molecular flexibility index (Phi) is 5.64. The molecule has 136 valence electrons. The number of benzene rings is 2. The van der Waals surface area contributed by atoms with E-state index < -0.39 is 5.97 Å². The van der Waals surface area contributed by atoms with Crippen LogP contribution in [0.1, 0.15) is 5.56 Å². The van der Waals surface area contributed by atoms with Crippen LogP contribution >= 0.6 is 0 Å². The lowest BCUT2D eigenvalue weighted by molar-refractivity contribution is -0.130. The molecule has 0 aliphatic rings. The summed E-state index contributed by atoms with van der Waals surface area (Å²) in [6, 6.07) is 15.6. The first-order chi connectivity index (χ1) is 13.2. The standard InChI is InChI=1S/C20H16N2O5/c1-25-13-17(19(23)24)16-8-2-3-9-18(16)26-14-6-4-7-15(12-14)27-20-21-10-5-11-22-20/h2-13H,1H3,(H,23,24)/b17-13+. The minimum Gasteiger partial charge on any atom is -0.503 e. The minimum atomic E-state index is -1.12. The van der Waals surface area contributed by atoms with Gasteiger partial charge in [-0.2, -0.15) is 0 Å². The molecule has 0 spiro atoms. The van der Waals surface area contributed by atoms with Crippen LogP contribution in [0.2, 0.25) is 0 Å². The highest BCUT2D eigenvalue weighted by atomic mass is 16.5. The maximum atomic E-state index is 11.5. The number of para-hydroxylation sites is 1. The van der Waals surface area contributed by atoms with Crippen LogP contribution < -0.4 is 9.47 Å². The van der Waals surface area contributed by atoms with E-state index >= 15 is 0 Å². The van der Waals surface area contributed by atoms with E-state index in [1.54, 1.807) is 67.0 Å². The Hall–Kier alpha value is -3.87. The second-order valence-corrected chi connectivity index (χ2v) is 5.28. The SMILES string of the molecule is CO/C=C(/C(=O)O)c1ccccc1Oc1cccc(Oc2ncccn2)c1. The van der Waals surface area contributed by atoms with Gasteiger partial charge in [-0.3, -0.25) is 0 Å². The monoisotopic (exact) mass is 364 g/mol. The van der Waals surface area contributed by atoms with E-state index in [0.29, 0.717) is 22.8 Å². The number of aromatic nitrogens is 2. The quantitative estimate of drug-likeness (QED) is 0.498. The molecule has 0 atom stereocenters. The number of aliphatic carboxylic acids is 1. The first-order valence-corrected chi connectivity index (χ1v) is 7.96. The van der Waals surface area contributed by atoms with Gasteiger partial charge in [0, 0.05) is 24.0 Å². The number of carbonyl (C=O) groups is 1. The van der Waals surface area contributed by atoms with Crippen molar-refractivity contribution in [1.82, 2.24) is 9.97 Å². The zero-order valence-corrected chi connectivity index (χ0v) is 14.4. The number of carboxylic acid groups (broad SMARTS) is 1. The third-order valence-electron chi connectivity index (χ3n) is 3.43. The van der Waals surface area contributed by atoms with Crippen molar-refractivity contribution in [1.29, 1.82) is 0 Å². The summed E-state index contributed by atoms with van der Waals surface area (Å²) in [5, 5.41) is 9.42. The Morgan fingerprint density at radius 2 is 1.67 bits per heavy atom. The van der Waals surface area contributed by atoms with E-state index in [0.717, 1.165) is 6.26 Å². The summed E-state index contributed by atoms with van der Waals surface area (Å²) in [5.74, 6) is 0.211. The lowest BCUT2D eigenvalue weighted by atomic mass is 10.1. The summed E-state index contributed by atoms with van der Waals surface area (Å²) < 4.78 is 16.3. The van der Waals surface area contributed by atoms with E-state index in [-0.39, 0.29) is 11.6 Å². The second kappa shape index (κ2) is 8.48. The molecule has 3 aromatic rings. The van der Waals surface area contributed by atoms with E-state index in [9.17, 15) is 9.90 Å². The molecule has 0 amide bonds. The van der Waals surface area contributed by atoms with Gasteiger partial charge in [-0.15, -0.1) is 0 Å². The van der Waals surface area contributed by atoms with Crippen LogP contribution in [0.3, 0.4) is 0 Å². The van der Waals surface area contributed by atoms with Crippen LogP contribution in [0.5, 0.6) is 23.3 Å². The number of ether oxygens (including phenoxy) is 3. The summed E-state index contributed by atoms with van der Waals surface area (Å²) in [5.41, 5.74) is 0.378. The summed E-state index contributed by atoms with van der Waals surface area (Å²) in [6.07, 6.45) is 4.32. The number of nitrogens with zero attached hydrogens (tertiary/aromatic N) is 2. The molecule has 0 bridgehead atoms.